The second-order valence-corrected chi connectivity index (χ2v) is 3.24. The zero-order valence-corrected chi connectivity index (χ0v) is 8.06. The third kappa shape index (κ3) is 2.80. The molecule has 1 rings (SSSR count). The molecule has 0 N–H and O–H groups in total. The molecule has 0 saturated heterocycles. The number of halogens is 2. The third-order valence-electron chi connectivity index (χ3n) is 1.83. The van der Waals surface area contributed by atoms with E-state index in [9.17, 15) is 8.78 Å². The number of rotatable bonds is 3. The molecule has 0 aliphatic carbocycles. The Kier molecular flexibility index (Phi) is 3.57. The van der Waals surface area contributed by atoms with E-state index >= 15 is 0 Å². The van der Waals surface area contributed by atoms with Crippen LogP contribution < -0.4 is 0 Å². The molecule has 0 fully saturated rings. The monoisotopic (exact) mass is 194 g/mol. The second-order valence-electron chi connectivity index (χ2n) is 3.24. The standard InChI is InChI=1S/C12H12F2/c1-9(2)8-11(12(13)14)10-6-4-3-5-7-10/h3-7H,1,8H2,2H3. The van der Waals surface area contributed by atoms with Crippen LogP contribution in [0.25, 0.3) is 5.57 Å². The predicted octanol–water partition coefficient (Wildman–Crippen LogP) is 4.26. The molecule has 0 nitrogen and oxygen atoms in total. The predicted molar refractivity (Wildman–Crippen MR) is 55.0 cm³/mol. The van der Waals surface area contributed by atoms with Gasteiger partial charge in [0.05, 0.1) is 0 Å². The SMILES string of the molecule is C=C(C)CC(=C(F)F)c1ccccc1. The van der Waals surface area contributed by atoms with Crippen LogP contribution in [-0.4, -0.2) is 0 Å². The number of hydrogen-bond acceptors (Lipinski definition) is 0. The fraction of sp³-hybridized carbons (Fsp3) is 0.167. The van der Waals surface area contributed by atoms with Crippen molar-refractivity contribution < 1.29 is 8.78 Å². The minimum Gasteiger partial charge on any atom is -0.173 e. The summed E-state index contributed by atoms with van der Waals surface area (Å²) in [4.78, 5) is 0. The maximum absolute atomic E-state index is 12.6. The Balaban J connectivity index is 3.03. The average Bonchev–Trinajstić information content (AvgIpc) is 2.15. The van der Waals surface area contributed by atoms with Gasteiger partial charge in [-0.3, -0.25) is 0 Å². The summed E-state index contributed by atoms with van der Waals surface area (Å²) in [6.07, 6.45) is -1.40. The van der Waals surface area contributed by atoms with E-state index in [0.29, 0.717) is 5.56 Å². The van der Waals surface area contributed by atoms with Crippen LogP contribution in [0, 0.1) is 0 Å². The van der Waals surface area contributed by atoms with Crippen LogP contribution in [0.1, 0.15) is 18.9 Å². The molecular weight excluding hydrogens is 182 g/mol. The van der Waals surface area contributed by atoms with Gasteiger partial charge in [-0.1, -0.05) is 42.5 Å². The molecule has 0 aliphatic heterocycles. The molecule has 14 heavy (non-hydrogen) atoms. The number of benzene rings is 1. The van der Waals surface area contributed by atoms with Crippen molar-refractivity contribution >= 4 is 5.57 Å². The van der Waals surface area contributed by atoms with Crippen molar-refractivity contribution in [3.63, 3.8) is 0 Å². The quantitative estimate of drug-likeness (QED) is 0.630. The molecule has 0 spiro atoms. The first-order chi connectivity index (χ1) is 6.61. The van der Waals surface area contributed by atoms with Gasteiger partial charge in [0.15, 0.2) is 0 Å². The van der Waals surface area contributed by atoms with Crippen LogP contribution in [0.3, 0.4) is 0 Å². The average molecular weight is 194 g/mol. The Morgan fingerprint density at radius 1 is 1.21 bits per heavy atom. The van der Waals surface area contributed by atoms with E-state index in [1.54, 1.807) is 37.3 Å². The van der Waals surface area contributed by atoms with Crippen molar-refractivity contribution in [1.82, 2.24) is 0 Å². The van der Waals surface area contributed by atoms with Crippen LogP contribution in [0.5, 0.6) is 0 Å². The molecular formula is C12H12F2. The Hall–Kier alpha value is -1.44. The molecule has 1 aromatic rings. The summed E-state index contributed by atoms with van der Waals surface area (Å²) in [7, 11) is 0. The Labute approximate surface area is 82.6 Å². The summed E-state index contributed by atoms with van der Waals surface area (Å²) in [5.41, 5.74) is 1.37. The lowest BCUT2D eigenvalue weighted by molar-refractivity contribution is 0.424. The van der Waals surface area contributed by atoms with Gasteiger partial charge in [-0.05, 0) is 18.9 Å². The van der Waals surface area contributed by atoms with E-state index in [1.807, 2.05) is 0 Å². The molecule has 0 unspecified atom stereocenters. The smallest absolute Gasteiger partial charge is 0.173 e. The highest BCUT2D eigenvalue weighted by molar-refractivity contribution is 5.67. The van der Waals surface area contributed by atoms with E-state index in [2.05, 4.69) is 6.58 Å². The van der Waals surface area contributed by atoms with Gasteiger partial charge >= 0.3 is 0 Å². The summed E-state index contributed by atoms with van der Waals surface area (Å²) in [6, 6.07) is 8.65. The number of hydrogen-bond donors (Lipinski definition) is 0. The highest BCUT2D eigenvalue weighted by Gasteiger charge is 2.08. The summed E-state index contributed by atoms with van der Waals surface area (Å²) in [5.74, 6) is 0. The molecule has 74 valence electrons. The van der Waals surface area contributed by atoms with Crippen LogP contribution in [0.4, 0.5) is 8.78 Å². The molecule has 0 amide bonds. The van der Waals surface area contributed by atoms with Gasteiger partial charge in [0.25, 0.3) is 6.08 Å². The van der Waals surface area contributed by atoms with Gasteiger partial charge in [-0.15, -0.1) is 0 Å². The minimum absolute atomic E-state index is 0.0677. The summed E-state index contributed by atoms with van der Waals surface area (Å²) < 4.78 is 25.2. The van der Waals surface area contributed by atoms with E-state index in [-0.39, 0.29) is 12.0 Å². The second kappa shape index (κ2) is 4.70. The Morgan fingerprint density at radius 3 is 2.21 bits per heavy atom. The Morgan fingerprint density at radius 2 is 1.79 bits per heavy atom. The van der Waals surface area contributed by atoms with E-state index in [1.165, 1.54) is 0 Å². The molecule has 0 atom stereocenters. The molecule has 2 heteroatoms. The lowest BCUT2D eigenvalue weighted by Crippen LogP contribution is -1.87. The van der Waals surface area contributed by atoms with Crippen molar-refractivity contribution in [3.05, 3.63) is 54.1 Å². The maximum Gasteiger partial charge on any atom is 0.274 e. The van der Waals surface area contributed by atoms with Crippen molar-refractivity contribution in [2.45, 2.75) is 13.3 Å². The van der Waals surface area contributed by atoms with Crippen LogP contribution in [0.2, 0.25) is 0 Å². The molecule has 1 aromatic carbocycles. The zero-order chi connectivity index (χ0) is 10.6. The largest absolute Gasteiger partial charge is 0.274 e. The van der Waals surface area contributed by atoms with Gasteiger partial charge in [0.1, 0.15) is 0 Å². The maximum atomic E-state index is 12.6. The summed E-state index contributed by atoms with van der Waals surface area (Å²) >= 11 is 0. The fourth-order valence-electron chi connectivity index (χ4n) is 1.22. The molecule has 0 aliphatic rings. The first kappa shape index (κ1) is 10.6. The summed E-state index contributed by atoms with van der Waals surface area (Å²) in [6.45, 7) is 5.38. The lowest BCUT2D eigenvalue weighted by Gasteiger charge is -2.05. The molecule has 0 saturated carbocycles. The first-order valence-electron chi connectivity index (χ1n) is 4.35. The molecule has 0 heterocycles. The Bertz CT molecular complexity index is 346. The van der Waals surface area contributed by atoms with Gasteiger partial charge in [-0.25, -0.2) is 0 Å². The van der Waals surface area contributed by atoms with Crippen LogP contribution in [0.15, 0.2) is 48.6 Å². The fourth-order valence-corrected chi connectivity index (χ4v) is 1.22. The topological polar surface area (TPSA) is 0 Å². The van der Waals surface area contributed by atoms with E-state index in [0.717, 1.165) is 5.57 Å². The van der Waals surface area contributed by atoms with Crippen molar-refractivity contribution in [1.29, 1.82) is 0 Å². The van der Waals surface area contributed by atoms with Gasteiger partial charge in [-0.2, -0.15) is 8.78 Å². The highest BCUT2D eigenvalue weighted by Crippen LogP contribution is 2.26. The highest BCUT2D eigenvalue weighted by atomic mass is 19.3. The first-order valence-corrected chi connectivity index (χ1v) is 4.35. The molecule has 0 radical (unpaired) electrons. The normalized spacial score (nSPS) is 9.64. The zero-order valence-electron chi connectivity index (χ0n) is 8.06. The van der Waals surface area contributed by atoms with E-state index in [4.69, 9.17) is 0 Å². The van der Waals surface area contributed by atoms with Gasteiger partial charge in [0.2, 0.25) is 0 Å². The van der Waals surface area contributed by atoms with Crippen LogP contribution in [-0.2, 0) is 0 Å². The van der Waals surface area contributed by atoms with E-state index < -0.39 is 6.08 Å². The van der Waals surface area contributed by atoms with Crippen molar-refractivity contribution in [2.24, 2.45) is 0 Å². The van der Waals surface area contributed by atoms with Crippen molar-refractivity contribution in [2.75, 3.05) is 0 Å². The van der Waals surface area contributed by atoms with Gasteiger partial charge in [0, 0.05) is 5.57 Å². The van der Waals surface area contributed by atoms with Gasteiger partial charge < -0.3 is 0 Å². The minimum atomic E-state index is -1.63. The lowest BCUT2D eigenvalue weighted by atomic mass is 10.0. The van der Waals surface area contributed by atoms with Crippen molar-refractivity contribution in [3.8, 4) is 0 Å². The molecule has 0 aromatic heterocycles. The molecule has 0 bridgehead atoms. The summed E-state index contributed by atoms with van der Waals surface area (Å²) in [5, 5.41) is 0. The third-order valence-corrected chi connectivity index (χ3v) is 1.83. The number of allylic oxidation sites excluding steroid dienone is 2. The van der Waals surface area contributed by atoms with Crippen LogP contribution >= 0.6 is 0 Å².